The van der Waals surface area contributed by atoms with E-state index in [4.69, 9.17) is 17.0 Å². The van der Waals surface area contributed by atoms with E-state index in [2.05, 4.69) is 17.1 Å². The van der Waals surface area contributed by atoms with Crippen LogP contribution in [0, 0.1) is 12.8 Å². The number of thiocarbonyl (C=S) groups is 1. The van der Waals surface area contributed by atoms with Crippen LogP contribution in [0.4, 0.5) is 5.00 Å². The van der Waals surface area contributed by atoms with Gasteiger partial charge in [-0.25, -0.2) is 4.79 Å². The Morgan fingerprint density at radius 3 is 2.59 bits per heavy atom. The number of nitrogens with one attached hydrogen (secondary N) is 1. The number of carbonyl (C=O) groups excluding carboxylic acids is 1. The zero-order chi connectivity index (χ0) is 19.4. The van der Waals surface area contributed by atoms with Crippen molar-refractivity contribution in [1.82, 2.24) is 4.90 Å². The van der Waals surface area contributed by atoms with Crippen molar-refractivity contribution in [3.63, 3.8) is 0 Å². The smallest absolute Gasteiger partial charge is 0.341 e. The van der Waals surface area contributed by atoms with E-state index in [1.165, 1.54) is 0 Å². The summed E-state index contributed by atoms with van der Waals surface area (Å²) in [5.41, 5.74) is 2.52. The van der Waals surface area contributed by atoms with Crippen molar-refractivity contribution in [2.75, 3.05) is 25.0 Å². The van der Waals surface area contributed by atoms with E-state index in [1.807, 2.05) is 44.2 Å². The topological polar surface area (TPSA) is 41.6 Å². The van der Waals surface area contributed by atoms with Crippen LogP contribution in [0.25, 0.3) is 11.1 Å². The van der Waals surface area contributed by atoms with E-state index in [-0.39, 0.29) is 5.97 Å². The van der Waals surface area contributed by atoms with Crippen LogP contribution in [0.1, 0.15) is 41.9 Å². The fourth-order valence-electron chi connectivity index (χ4n) is 3.37. The Balaban J connectivity index is 1.93. The minimum Gasteiger partial charge on any atom is -0.462 e. The van der Waals surface area contributed by atoms with Crippen LogP contribution < -0.4 is 5.32 Å². The van der Waals surface area contributed by atoms with Gasteiger partial charge >= 0.3 is 5.97 Å². The highest BCUT2D eigenvalue weighted by molar-refractivity contribution is 7.80. The van der Waals surface area contributed by atoms with Gasteiger partial charge in [-0.2, -0.15) is 0 Å². The summed E-state index contributed by atoms with van der Waals surface area (Å²) in [5, 5.41) is 4.80. The third kappa shape index (κ3) is 4.50. The molecule has 3 rings (SSSR count). The molecule has 2 aromatic rings. The van der Waals surface area contributed by atoms with Crippen LogP contribution in [-0.4, -0.2) is 35.7 Å². The van der Waals surface area contributed by atoms with Gasteiger partial charge in [0.1, 0.15) is 10.6 Å². The molecule has 0 bridgehead atoms. The molecule has 2 heterocycles. The fraction of sp³-hybridized carbons (Fsp3) is 0.429. The lowest BCUT2D eigenvalue weighted by Gasteiger charge is -2.32. The molecule has 0 aliphatic carbocycles. The van der Waals surface area contributed by atoms with Crippen LogP contribution in [0.5, 0.6) is 0 Å². The normalized spacial score (nSPS) is 14.9. The van der Waals surface area contributed by atoms with E-state index in [0.717, 1.165) is 52.9 Å². The van der Waals surface area contributed by atoms with Gasteiger partial charge in [-0.3, -0.25) is 0 Å². The summed E-state index contributed by atoms with van der Waals surface area (Å²) in [5.74, 6) is 0.436. The fourth-order valence-corrected chi connectivity index (χ4v) is 4.78. The molecule has 0 radical (unpaired) electrons. The predicted molar refractivity (Wildman–Crippen MR) is 117 cm³/mol. The van der Waals surface area contributed by atoms with Crippen molar-refractivity contribution < 1.29 is 9.53 Å². The maximum atomic E-state index is 12.8. The van der Waals surface area contributed by atoms with Crippen LogP contribution in [0.2, 0.25) is 0 Å². The highest BCUT2D eigenvalue weighted by Gasteiger charge is 2.26. The van der Waals surface area contributed by atoms with Gasteiger partial charge in [0.25, 0.3) is 0 Å². The first-order valence-electron chi connectivity index (χ1n) is 9.43. The maximum Gasteiger partial charge on any atom is 0.341 e. The summed E-state index contributed by atoms with van der Waals surface area (Å²) >= 11 is 7.20. The van der Waals surface area contributed by atoms with E-state index in [1.54, 1.807) is 11.3 Å². The Labute approximate surface area is 170 Å². The SMILES string of the molecule is CCOC(=O)c1c(NC(=S)N2CCC(C)CC2)sc(C)c1-c1ccccc1. The summed E-state index contributed by atoms with van der Waals surface area (Å²) in [6.45, 7) is 8.39. The number of hydrogen-bond donors (Lipinski definition) is 1. The predicted octanol–water partition coefficient (Wildman–Crippen LogP) is 5.33. The minimum absolute atomic E-state index is 0.307. The zero-order valence-corrected chi connectivity index (χ0v) is 17.7. The molecule has 1 N–H and O–H groups in total. The molecule has 0 unspecified atom stereocenters. The van der Waals surface area contributed by atoms with Crippen molar-refractivity contribution >= 4 is 39.6 Å². The first-order valence-corrected chi connectivity index (χ1v) is 10.7. The van der Waals surface area contributed by atoms with Gasteiger partial charge in [0, 0.05) is 23.5 Å². The van der Waals surface area contributed by atoms with Crippen molar-refractivity contribution in [3.8, 4) is 11.1 Å². The minimum atomic E-state index is -0.307. The number of nitrogens with zero attached hydrogens (tertiary/aromatic N) is 1. The van der Waals surface area contributed by atoms with Gasteiger partial charge in [-0.05, 0) is 50.4 Å². The molecule has 0 spiro atoms. The largest absolute Gasteiger partial charge is 0.462 e. The first kappa shape index (κ1) is 19.8. The molecule has 0 saturated carbocycles. The number of hydrogen-bond acceptors (Lipinski definition) is 4. The Morgan fingerprint density at radius 2 is 1.96 bits per heavy atom. The second kappa shape index (κ2) is 8.85. The standard InChI is InChI=1S/C21H26N2O2S2/c1-4-25-20(24)18-17(16-8-6-5-7-9-16)15(3)27-19(18)22-21(26)23-12-10-14(2)11-13-23/h5-9,14H,4,10-13H2,1-3H3,(H,22,26). The van der Waals surface area contributed by atoms with E-state index in [9.17, 15) is 4.79 Å². The van der Waals surface area contributed by atoms with Crippen LogP contribution in [0.15, 0.2) is 30.3 Å². The zero-order valence-electron chi connectivity index (χ0n) is 16.1. The second-order valence-electron chi connectivity index (χ2n) is 6.92. The average molecular weight is 403 g/mol. The molecule has 1 saturated heterocycles. The Hall–Kier alpha value is -1.92. The molecular weight excluding hydrogens is 376 g/mol. The summed E-state index contributed by atoms with van der Waals surface area (Å²) < 4.78 is 5.36. The molecule has 1 aliphatic heterocycles. The van der Waals surface area contributed by atoms with E-state index in [0.29, 0.717) is 17.3 Å². The number of aryl methyl sites for hydroxylation is 1. The molecule has 144 valence electrons. The molecular formula is C21H26N2O2S2. The summed E-state index contributed by atoms with van der Waals surface area (Å²) in [6, 6.07) is 9.97. The van der Waals surface area contributed by atoms with Gasteiger partial charge in [0.2, 0.25) is 0 Å². The number of likely N-dealkylation sites (tertiary alicyclic amines) is 1. The van der Waals surface area contributed by atoms with E-state index >= 15 is 0 Å². The molecule has 0 amide bonds. The number of benzene rings is 1. The monoisotopic (exact) mass is 402 g/mol. The van der Waals surface area contributed by atoms with Crippen molar-refractivity contribution in [2.24, 2.45) is 5.92 Å². The molecule has 1 aromatic heterocycles. The Morgan fingerprint density at radius 1 is 1.30 bits per heavy atom. The molecule has 1 aliphatic rings. The molecule has 27 heavy (non-hydrogen) atoms. The van der Waals surface area contributed by atoms with Gasteiger partial charge in [0.05, 0.1) is 6.61 Å². The number of carbonyl (C=O) groups is 1. The summed E-state index contributed by atoms with van der Waals surface area (Å²) in [7, 11) is 0. The molecule has 0 atom stereocenters. The van der Waals surface area contributed by atoms with E-state index < -0.39 is 0 Å². The first-order chi connectivity index (χ1) is 13.0. The van der Waals surface area contributed by atoms with Gasteiger partial charge in [-0.1, -0.05) is 37.3 Å². The Bertz CT molecular complexity index is 809. The van der Waals surface area contributed by atoms with Crippen LogP contribution >= 0.6 is 23.6 Å². The molecule has 4 nitrogen and oxygen atoms in total. The molecule has 6 heteroatoms. The quantitative estimate of drug-likeness (QED) is 0.553. The Kier molecular flexibility index (Phi) is 6.50. The summed E-state index contributed by atoms with van der Waals surface area (Å²) in [6.07, 6.45) is 2.29. The molecule has 1 aromatic carbocycles. The van der Waals surface area contributed by atoms with Gasteiger partial charge in [0.15, 0.2) is 5.11 Å². The summed E-state index contributed by atoms with van der Waals surface area (Å²) in [4.78, 5) is 16.0. The van der Waals surface area contributed by atoms with Gasteiger partial charge in [-0.15, -0.1) is 11.3 Å². The van der Waals surface area contributed by atoms with Gasteiger partial charge < -0.3 is 15.0 Å². The number of anilines is 1. The highest BCUT2D eigenvalue weighted by atomic mass is 32.1. The lowest BCUT2D eigenvalue weighted by atomic mass is 10.00. The highest BCUT2D eigenvalue weighted by Crippen LogP contribution is 2.40. The number of piperidine rings is 1. The number of rotatable bonds is 4. The third-order valence-electron chi connectivity index (χ3n) is 4.92. The van der Waals surface area contributed by atoms with Crippen LogP contribution in [-0.2, 0) is 4.74 Å². The average Bonchev–Trinajstić information content (AvgIpc) is 2.99. The van der Waals surface area contributed by atoms with Crippen molar-refractivity contribution in [3.05, 3.63) is 40.8 Å². The lowest BCUT2D eigenvalue weighted by molar-refractivity contribution is 0.0529. The van der Waals surface area contributed by atoms with Crippen molar-refractivity contribution in [2.45, 2.75) is 33.6 Å². The number of thiophene rings is 1. The number of esters is 1. The lowest BCUT2D eigenvalue weighted by Crippen LogP contribution is -2.40. The maximum absolute atomic E-state index is 12.8. The number of ether oxygens (including phenoxy) is 1. The van der Waals surface area contributed by atoms with Crippen LogP contribution in [0.3, 0.4) is 0 Å². The van der Waals surface area contributed by atoms with Crippen molar-refractivity contribution in [1.29, 1.82) is 0 Å². The second-order valence-corrected chi connectivity index (χ2v) is 8.54. The molecule has 1 fully saturated rings. The third-order valence-corrected chi connectivity index (χ3v) is 6.30.